The van der Waals surface area contributed by atoms with Gasteiger partial charge >= 0.3 is 0 Å². The second kappa shape index (κ2) is 6.22. The van der Waals surface area contributed by atoms with Crippen LogP contribution in [0.4, 0.5) is 0 Å². The van der Waals surface area contributed by atoms with Gasteiger partial charge in [-0.05, 0) is 78.0 Å². The summed E-state index contributed by atoms with van der Waals surface area (Å²) in [4.78, 5) is 11.8. The molecule has 6 heteroatoms. The molecule has 2 saturated carbocycles. The fourth-order valence-electron chi connectivity index (χ4n) is 6.16. The van der Waals surface area contributed by atoms with E-state index in [1.54, 1.807) is 17.6 Å². The number of nitrogens with one attached hydrogen (secondary N) is 1. The van der Waals surface area contributed by atoms with Gasteiger partial charge in [0.1, 0.15) is 5.75 Å². The molecule has 7 atom stereocenters. The third-order valence-corrected chi connectivity index (χ3v) is 7.43. The minimum atomic E-state index is -0.700. The molecule has 4 rings (SSSR count). The number of carbonyl (C=O) groups excluding carboxylic acids is 1. The Kier molecular flexibility index (Phi) is 4.25. The highest BCUT2D eigenvalue weighted by atomic mass is 16.5. The fourth-order valence-corrected chi connectivity index (χ4v) is 6.16. The normalized spacial score (nSPS) is 41.1. The van der Waals surface area contributed by atoms with Crippen molar-refractivity contribution in [1.82, 2.24) is 5.48 Å². The number of hydrogen-bond acceptors (Lipinski definition) is 5. The first kappa shape index (κ1) is 17.8. The van der Waals surface area contributed by atoms with Crippen molar-refractivity contribution in [1.29, 1.82) is 0 Å². The molecule has 3 aliphatic rings. The van der Waals surface area contributed by atoms with Gasteiger partial charge in [0.15, 0.2) is 0 Å². The van der Waals surface area contributed by atoms with Gasteiger partial charge in [-0.1, -0.05) is 13.0 Å². The number of amides is 1. The number of aromatic hydroxyl groups is 1. The van der Waals surface area contributed by atoms with Gasteiger partial charge in [-0.2, -0.15) is 0 Å². The van der Waals surface area contributed by atoms with Crippen LogP contribution in [0.5, 0.6) is 5.75 Å². The number of fused-ring (bicyclic) bond motifs is 5. The summed E-state index contributed by atoms with van der Waals surface area (Å²) in [6.45, 7) is 2.08. The Morgan fingerprint density at radius 2 is 2.04 bits per heavy atom. The number of carbonyl (C=O) groups is 1. The molecule has 1 aromatic rings. The Hall–Kier alpha value is -1.63. The van der Waals surface area contributed by atoms with Crippen LogP contribution in [0.1, 0.15) is 62.0 Å². The quantitative estimate of drug-likeness (QED) is 0.409. The van der Waals surface area contributed by atoms with Gasteiger partial charge in [-0.3, -0.25) is 10.0 Å². The smallest absolute Gasteiger partial charge is 0.243 e. The summed E-state index contributed by atoms with van der Waals surface area (Å²) >= 11 is 0. The molecular formula is C20H27NO5. The van der Waals surface area contributed by atoms with E-state index in [1.165, 1.54) is 0 Å². The summed E-state index contributed by atoms with van der Waals surface area (Å²) in [7, 11) is 0. The fraction of sp³-hybridized carbons (Fsp3) is 0.650. The highest BCUT2D eigenvalue weighted by molar-refractivity contribution is 5.75. The van der Waals surface area contributed by atoms with Crippen molar-refractivity contribution < 1.29 is 25.3 Å². The second-order valence-electron chi connectivity index (χ2n) is 8.65. The summed E-state index contributed by atoms with van der Waals surface area (Å²) in [6, 6.07) is 5.39. The molecule has 0 saturated heterocycles. The zero-order chi connectivity index (χ0) is 18.6. The molecule has 3 aliphatic carbocycles. The van der Waals surface area contributed by atoms with Gasteiger partial charge in [0, 0.05) is 6.42 Å². The Bertz CT molecular complexity index is 722. The van der Waals surface area contributed by atoms with Crippen LogP contribution in [0.15, 0.2) is 18.2 Å². The maximum Gasteiger partial charge on any atom is 0.243 e. The maximum absolute atomic E-state index is 11.8. The van der Waals surface area contributed by atoms with Crippen molar-refractivity contribution in [2.24, 2.45) is 17.3 Å². The van der Waals surface area contributed by atoms with Crippen molar-refractivity contribution >= 4 is 5.91 Å². The molecule has 5 N–H and O–H groups in total. The monoisotopic (exact) mass is 361 g/mol. The Morgan fingerprint density at radius 3 is 2.77 bits per heavy atom. The van der Waals surface area contributed by atoms with Gasteiger partial charge in [0.2, 0.25) is 5.91 Å². The van der Waals surface area contributed by atoms with Crippen LogP contribution in [-0.2, 0) is 4.79 Å². The van der Waals surface area contributed by atoms with E-state index < -0.39 is 18.1 Å². The largest absolute Gasteiger partial charge is 0.508 e. The molecule has 142 valence electrons. The highest BCUT2D eigenvalue weighted by Crippen LogP contribution is 2.62. The molecule has 0 heterocycles. The van der Waals surface area contributed by atoms with Crippen molar-refractivity contribution in [3.8, 4) is 5.75 Å². The standard InChI is InChI=1S/C20H27NO5/c1-20-5-4-13-12-3-2-11(22)8-14(12)10(7-18(24)21-26)6-15(13)16(20)9-17(23)19(20)25/h2-3,8,10,13,15-17,19,22-23,25-26H,4-7,9H2,1H3,(H,21,24)/t10?,13-,15-,16+,17-,19+,20+/m1/s1. The van der Waals surface area contributed by atoms with Crippen molar-refractivity contribution in [3.63, 3.8) is 0 Å². The number of rotatable bonds is 2. The first-order chi connectivity index (χ1) is 12.3. The Morgan fingerprint density at radius 1 is 1.27 bits per heavy atom. The third-order valence-electron chi connectivity index (χ3n) is 7.43. The van der Waals surface area contributed by atoms with E-state index in [1.807, 2.05) is 6.07 Å². The molecule has 26 heavy (non-hydrogen) atoms. The first-order valence-corrected chi connectivity index (χ1v) is 9.47. The number of phenolic OH excluding ortho intramolecular Hbond substituents is 1. The number of aliphatic hydroxyl groups is 2. The van der Waals surface area contributed by atoms with E-state index in [4.69, 9.17) is 5.21 Å². The summed E-state index contributed by atoms with van der Waals surface area (Å²) < 4.78 is 0. The van der Waals surface area contributed by atoms with Gasteiger partial charge in [-0.15, -0.1) is 0 Å². The molecule has 0 bridgehead atoms. The zero-order valence-electron chi connectivity index (χ0n) is 14.9. The number of hydroxylamine groups is 1. The van der Waals surface area contributed by atoms with Crippen molar-refractivity contribution in [2.45, 2.75) is 63.1 Å². The SMILES string of the molecule is C[C@]12CC[C@@H]3c4ccc(O)cc4C(CC(=O)NO)C[C@H]3[C@@H]1C[C@@H](O)[C@@H]2O. The van der Waals surface area contributed by atoms with E-state index >= 15 is 0 Å². The van der Waals surface area contributed by atoms with E-state index in [0.29, 0.717) is 12.3 Å². The molecule has 0 aliphatic heterocycles. The molecule has 0 spiro atoms. The Balaban J connectivity index is 1.73. The molecular weight excluding hydrogens is 334 g/mol. The van der Waals surface area contributed by atoms with E-state index in [-0.39, 0.29) is 35.3 Å². The lowest BCUT2D eigenvalue weighted by Crippen LogP contribution is -2.45. The lowest BCUT2D eigenvalue weighted by atomic mass is 9.53. The maximum atomic E-state index is 11.8. The van der Waals surface area contributed by atoms with Crippen LogP contribution in [0, 0.1) is 17.3 Å². The molecule has 1 amide bonds. The predicted molar refractivity (Wildman–Crippen MR) is 93.7 cm³/mol. The first-order valence-electron chi connectivity index (χ1n) is 9.47. The lowest BCUT2D eigenvalue weighted by Gasteiger charge is -2.51. The molecule has 0 aromatic heterocycles. The van der Waals surface area contributed by atoms with Gasteiger partial charge in [-0.25, -0.2) is 5.48 Å². The van der Waals surface area contributed by atoms with Gasteiger partial charge in [0.05, 0.1) is 12.2 Å². The number of benzene rings is 1. The number of aliphatic hydroxyl groups excluding tert-OH is 2. The van der Waals surface area contributed by atoms with E-state index in [9.17, 15) is 20.1 Å². The zero-order valence-corrected chi connectivity index (χ0v) is 14.9. The molecule has 1 aromatic carbocycles. The van der Waals surface area contributed by atoms with Crippen molar-refractivity contribution in [2.75, 3.05) is 0 Å². The lowest BCUT2D eigenvalue weighted by molar-refractivity contribution is -0.129. The summed E-state index contributed by atoms with van der Waals surface area (Å²) in [5.74, 6) is 0.441. The summed E-state index contributed by atoms with van der Waals surface area (Å²) in [6.07, 6.45) is 1.90. The number of phenols is 1. The number of hydrogen-bond donors (Lipinski definition) is 5. The van der Waals surface area contributed by atoms with E-state index in [0.717, 1.165) is 30.4 Å². The summed E-state index contributed by atoms with van der Waals surface area (Å²) in [5, 5.41) is 39.7. The average Bonchev–Trinajstić information content (AvgIpc) is 2.85. The van der Waals surface area contributed by atoms with Crippen LogP contribution in [0.25, 0.3) is 0 Å². The van der Waals surface area contributed by atoms with Gasteiger partial charge in [0.25, 0.3) is 0 Å². The highest BCUT2D eigenvalue weighted by Gasteiger charge is 2.58. The summed E-state index contributed by atoms with van der Waals surface area (Å²) in [5.41, 5.74) is 3.57. The average molecular weight is 361 g/mol. The molecule has 0 radical (unpaired) electrons. The van der Waals surface area contributed by atoms with Crippen LogP contribution in [0.2, 0.25) is 0 Å². The third kappa shape index (κ3) is 2.54. The Labute approximate surface area is 152 Å². The van der Waals surface area contributed by atoms with E-state index in [2.05, 4.69) is 6.92 Å². The second-order valence-corrected chi connectivity index (χ2v) is 8.65. The molecule has 1 unspecified atom stereocenters. The van der Waals surface area contributed by atoms with Crippen molar-refractivity contribution in [3.05, 3.63) is 29.3 Å². The topological polar surface area (TPSA) is 110 Å². The van der Waals surface area contributed by atoms with Crippen LogP contribution < -0.4 is 5.48 Å². The molecule has 6 nitrogen and oxygen atoms in total. The minimum Gasteiger partial charge on any atom is -0.508 e. The van der Waals surface area contributed by atoms with Gasteiger partial charge < -0.3 is 15.3 Å². The molecule has 2 fully saturated rings. The predicted octanol–water partition coefficient (Wildman–Crippen LogP) is 2.02. The van der Waals surface area contributed by atoms with Crippen LogP contribution >= 0.6 is 0 Å². The minimum absolute atomic E-state index is 0.0947. The van der Waals surface area contributed by atoms with Crippen LogP contribution in [-0.4, -0.2) is 38.6 Å². The van der Waals surface area contributed by atoms with Crippen LogP contribution in [0.3, 0.4) is 0 Å².